The van der Waals surface area contributed by atoms with Gasteiger partial charge in [0.15, 0.2) is 5.89 Å². The Hall–Kier alpha value is -3.92. The van der Waals surface area contributed by atoms with Crippen molar-refractivity contribution in [3.8, 4) is 17.0 Å². The summed E-state index contributed by atoms with van der Waals surface area (Å²) < 4.78 is 11.3. The smallest absolute Gasteiger partial charge is 0.407 e. The molecule has 51 heavy (non-hydrogen) atoms. The van der Waals surface area contributed by atoms with Crippen LogP contribution in [-0.2, 0) is 10.2 Å². The summed E-state index contributed by atoms with van der Waals surface area (Å²) in [5.41, 5.74) is 2.69. The van der Waals surface area contributed by atoms with E-state index in [4.69, 9.17) is 14.1 Å². The maximum Gasteiger partial charge on any atom is 0.407 e. The third kappa shape index (κ3) is 8.11. The van der Waals surface area contributed by atoms with Crippen LogP contribution in [0.15, 0.2) is 47.2 Å². The van der Waals surface area contributed by atoms with Crippen LogP contribution < -0.4 is 9.64 Å². The van der Waals surface area contributed by atoms with Crippen LogP contribution in [0, 0.1) is 12.3 Å². The zero-order chi connectivity index (χ0) is 36.4. The molecule has 4 fully saturated rings. The Morgan fingerprint density at radius 2 is 1.76 bits per heavy atom. The molecule has 1 aromatic carbocycles. The number of carboxylic acid groups (broad SMARTS) is 1. The van der Waals surface area contributed by atoms with Crippen LogP contribution in [0.25, 0.3) is 11.3 Å². The lowest BCUT2D eigenvalue weighted by atomic mass is 9.51. The zero-order valence-electron chi connectivity index (χ0n) is 31.1. The number of carbonyl (C=O) groups is 2. The number of aliphatic hydroxyl groups is 1. The minimum atomic E-state index is -1.40. The molecule has 2 amide bonds. The molecule has 4 aliphatic carbocycles. The van der Waals surface area contributed by atoms with E-state index in [1.807, 2.05) is 26.0 Å². The minimum absolute atomic E-state index is 0.0374. The number of oxazole rings is 1. The largest absolute Gasteiger partial charge is 0.496 e. The number of carbonyl (C=O) groups excluding carboxylic acids is 1. The quantitative estimate of drug-likeness (QED) is 0.181. The monoisotopic (exact) mass is 700 g/mol. The van der Waals surface area contributed by atoms with E-state index in [9.17, 15) is 19.8 Å². The molecule has 2 bridgehead atoms. The fourth-order valence-electron chi connectivity index (χ4n) is 8.88. The predicted octanol–water partition coefficient (Wildman–Crippen LogP) is 8.65. The molecule has 2 N–H and O–H groups in total. The van der Waals surface area contributed by atoms with Crippen LogP contribution in [0.2, 0.25) is 0 Å². The highest BCUT2D eigenvalue weighted by Gasteiger charge is 2.50. The molecular weight excluding hydrogens is 644 g/mol. The zero-order valence-corrected chi connectivity index (χ0v) is 31.1. The lowest BCUT2D eigenvalue weighted by Gasteiger charge is -2.55. The first kappa shape index (κ1) is 36.9. The summed E-state index contributed by atoms with van der Waals surface area (Å²) in [6.07, 6.45) is 13.4. The first-order valence-electron chi connectivity index (χ1n) is 18.9. The summed E-state index contributed by atoms with van der Waals surface area (Å²) in [6, 6.07) is 10.3. The number of hydrogen-bond donors (Lipinski definition) is 2. The number of fused-ring (bicyclic) bond motifs is 3. The molecule has 0 aliphatic heterocycles. The van der Waals surface area contributed by atoms with E-state index in [0.29, 0.717) is 23.9 Å². The van der Waals surface area contributed by atoms with Gasteiger partial charge in [-0.1, -0.05) is 45.2 Å². The number of nitrogens with zero attached hydrogens (tertiary/aromatic N) is 4. The number of pyridine rings is 1. The van der Waals surface area contributed by atoms with Crippen molar-refractivity contribution in [3.63, 3.8) is 0 Å². The SMILES string of the molecule is COc1ccc(C23CCC(CN(C(=O)CC(C)(O)CCN(C(=O)O)C4CCCCC4)c4cc(-c5coc(C(C)C)n5)ccn4)(CC2)CC3)cc1C. The second kappa shape index (κ2) is 15.0. The Morgan fingerprint density at radius 1 is 1.06 bits per heavy atom. The number of benzene rings is 1. The molecule has 2 aromatic heterocycles. The maximum absolute atomic E-state index is 14.5. The molecule has 276 valence electrons. The van der Waals surface area contributed by atoms with Crippen LogP contribution in [-0.4, -0.2) is 68.9 Å². The molecule has 7 rings (SSSR count). The number of aryl methyl sites for hydroxylation is 1. The second-order valence-electron chi connectivity index (χ2n) is 16.3. The number of amides is 2. The Labute approximate surface area is 302 Å². The number of aromatic nitrogens is 2. The Kier molecular flexibility index (Phi) is 10.8. The second-order valence-corrected chi connectivity index (χ2v) is 16.3. The van der Waals surface area contributed by atoms with Crippen LogP contribution in [0.1, 0.15) is 127 Å². The molecular formula is C41H56N4O6. The summed E-state index contributed by atoms with van der Waals surface area (Å²) in [6.45, 7) is 8.52. The van der Waals surface area contributed by atoms with Gasteiger partial charge in [0.2, 0.25) is 5.91 Å². The average Bonchev–Trinajstić information content (AvgIpc) is 3.63. The first-order valence-corrected chi connectivity index (χ1v) is 18.9. The lowest BCUT2D eigenvalue weighted by molar-refractivity contribution is -0.124. The number of anilines is 1. The van der Waals surface area contributed by atoms with Crippen molar-refractivity contribution >= 4 is 17.8 Å². The third-order valence-electron chi connectivity index (χ3n) is 12.2. The number of ether oxygens (including phenoxy) is 1. The van der Waals surface area contributed by atoms with E-state index in [-0.39, 0.29) is 48.1 Å². The summed E-state index contributed by atoms with van der Waals surface area (Å²) in [5.74, 6) is 2.01. The van der Waals surface area contributed by atoms with Crippen LogP contribution in [0.3, 0.4) is 0 Å². The van der Waals surface area contributed by atoms with Crippen molar-refractivity contribution in [1.82, 2.24) is 14.9 Å². The molecule has 4 saturated carbocycles. The number of rotatable bonds is 13. The van der Waals surface area contributed by atoms with Crippen LogP contribution >= 0.6 is 0 Å². The summed E-state index contributed by atoms with van der Waals surface area (Å²) in [5, 5.41) is 21.6. The van der Waals surface area contributed by atoms with E-state index in [1.54, 1.807) is 31.4 Å². The van der Waals surface area contributed by atoms with E-state index in [2.05, 4.69) is 30.1 Å². The molecule has 3 aromatic rings. The van der Waals surface area contributed by atoms with Gasteiger partial charge >= 0.3 is 6.09 Å². The van der Waals surface area contributed by atoms with Gasteiger partial charge in [-0.2, -0.15) is 0 Å². The van der Waals surface area contributed by atoms with E-state index in [1.165, 1.54) is 10.5 Å². The molecule has 0 saturated heterocycles. The van der Waals surface area contributed by atoms with Gasteiger partial charge in [-0.15, -0.1) is 0 Å². The van der Waals surface area contributed by atoms with Gasteiger partial charge in [-0.3, -0.25) is 9.69 Å². The van der Waals surface area contributed by atoms with Crippen LogP contribution in [0.4, 0.5) is 10.6 Å². The van der Waals surface area contributed by atoms with Crippen molar-refractivity contribution < 1.29 is 29.0 Å². The Morgan fingerprint density at radius 3 is 2.37 bits per heavy atom. The van der Waals surface area contributed by atoms with Crippen molar-refractivity contribution in [2.45, 2.75) is 134 Å². The van der Waals surface area contributed by atoms with Gasteiger partial charge in [-0.25, -0.2) is 14.8 Å². The van der Waals surface area contributed by atoms with E-state index >= 15 is 0 Å². The molecule has 1 atom stereocenters. The molecule has 10 heteroatoms. The third-order valence-corrected chi connectivity index (χ3v) is 12.2. The minimum Gasteiger partial charge on any atom is -0.496 e. The number of hydrogen-bond acceptors (Lipinski definition) is 7. The van der Waals surface area contributed by atoms with E-state index < -0.39 is 11.7 Å². The van der Waals surface area contributed by atoms with Crippen molar-refractivity contribution in [2.75, 3.05) is 25.1 Å². The standard InChI is InChI=1S/C41H56N4O6/c1-28(2)37-43-33(26-51-37)30-13-21-42-35(24-30)45(36(46)25-39(4,49)20-22-44(38(47)48)32-9-7-6-8-10-32)27-40-14-17-41(18-15-40,19-16-40)31-11-12-34(50-5)29(3)23-31/h11-13,21,23-24,26,28,32,49H,6-10,14-20,22,25,27H2,1-5H3,(H,47,48). The normalized spacial score (nSPS) is 23.2. The fourth-order valence-corrected chi connectivity index (χ4v) is 8.88. The molecule has 0 spiro atoms. The summed E-state index contributed by atoms with van der Waals surface area (Å²) in [4.78, 5) is 39.3. The number of methoxy groups -OCH3 is 1. The fraction of sp³-hybridized carbons (Fsp3) is 0.610. The highest BCUT2D eigenvalue weighted by atomic mass is 16.5. The average molecular weight is 701 g/mol. The van der Waals surface area contributed by atoms with E-state index in [0.717, 1.165) is 87.5 Å². The molecule has 4 aliphatic rings. The molecule has 2 heterocycles. The lowest BCUT2D eigenvalue weighted by Crippen LogP contribution is -2.51. The predicted molar refractivity (Wildman–Crippen MR) is 197 cm³/mol. The summed E-state index contributed by atoms with van der Waals surface area (Å²) >= 11 is 0. The summed E-state index contributed by atoms with van der Waals surface area (Å²) in [7, 11) is 1.71. The van der Waals surface area contributed by atoms with Gasteiger partial charge in [0, 0.05) is 36.8 Å². The molecule has 1 unspecified atom stereocenters. The Balaban J connectivity index is 1.23. The molecule has 0 radical (unpaired) electrons. The molecule has 10 nitrogen and oxygen atoms in total. The Bertz CT molecular complexity index is 1670. The van der Waals surface area contributed by atoms with Gasteiger partial charge in [0.1, 0.15) is 23.5 Å². The van der Waals surface area contributed by atoms with Crippen molar-refractivity contribution in [3.05, 3.63) is 59.8 Å². The first-order chi connectivity index (χ1) is 24.3. The van der Waals surface area contributed by atoms with Crippen molar-refractivity contribution in [2.24, 2.45) is 5.41 Å². The van der Waals surface area contributed by atoms with Gasteiger partial charge in [0.05, 0.1) is 19.1 Å². The van der Waals surface area contributed by atoms with Gasteiger partial charge < -0.3 is 24.3 Å². The van der Waals surface area contributed by atoms with Gasteiger partial charge in [-0.05, 0) is 112 Å². The van der Waals surface area contributed by atoms with Gasteiger partial charge in [0.25, 0.3) is 0 Å². The maximum atomic E-state index is 14.5. The highest BCUT2D eigenvalue weighted by molar-refractivity contribution is 5.93. The highest BCUT2D eigenvalue weighted by Crippen LogP contribution is 2.58. The topological polar surface area (TPSA) is 129 Å². The van der Waals surface area contributed by atoms with Crippen molar-refractivity contribution in [1.29, 1.82) is 0 Å². The van der Waals surface area contributed by atoms with Crippen LogP contribution in [0.5, 0.6) is 5.75 Å².